The van der Waals surface area contributed by atoms with Gasteiger partial charge in [-0.2, -0.15) is 0 Å². The van der Waals surface area contributed by atoms with Crippen LogP contribution in [0.4, 0.5) is 0 Å². The van der Waals surface area contributed by atoms with E-state index < -0.39 is 0 Å². The van der Waals surface area contributed by atoms with Gasteiger partial charge in [0.15, 0.2) is 0 Å². The molecular weight excluding hydrogens is 164 g/mol. The molecule has 1 N–H and O–H groups in total. The van der Waals surface area contributed by atoms with Crippen molar-refractivity contribution in [2.75, 3.05) is 7.11 Å². The number of aliphatic hydroxyl groups is 1. The third-order valence-corrected chi connectivity index (χ3v) is 3.10. The number of rotatable bonds is 4. The molecule has 13 heavy (non-hydrogen) atoms. The maximum Gasteiger partial charge on any atom is 0.0939 e. The Morgan fingerprint density at radius 1 is 1.46 bits per heavy atom. The van der Waals surface area contributed by atoms with E-state index in [9.17, 15) is 5.11 Å². The minimum atomic E-state index is -0.379. The van der Waals surface area contributed by atoms with Gasteiger partial charge in [-0.1, -0.05) is 25.3 Å². The maximum atomic E-state index is 9.93. The van der Waals surface area contributed by atoms with E-state index in [0.717, 1.165) is 12.8 Å². The van der Waals surface area contributed by atoms with Crippen LogP contribution in [-0.4, -0.2) is 23.9 Å². The van der Waals surface area contributed by atoms with Crippen molar-refractivity contribution in [2.45, 2.75) is 50.2 Å². The zero-order valence-electron chi connectivity index (χ0n) is 8.46. The Morgan fingerprint density at radius 3 is 2.54 bits per heavy atom. The normalized spacial score (nSPS) is 23.8. The van der Waals surface area contributed by atoms with Crippen molar-refractivity contribution >= 4 is 0 Å². The Balaban J connectivity index is 2.60. The van der Waals surface area contributed by atoms with Gasteiger partial charge in [-0.25, -0.2) is 0 Å². The van der Waals surface area contributed by atoms with Gasteiger partial charge in [0.2, 0.25) is 0 Å². The largest absolute Gasteiger partial charge is 0.390 e. The van der Waals surface area contributed by atoms with Crippen LogP contribution in [0.3, 0.4) is 0 Å². The van der Waals surface area contributed by atoms with E-state index in [1.165, 1.54) is 19.3 Å². The predicted molar refractivity (Wildman–Crippen MR) is 53.6 cm³/mol. The molecule has 0 aromatic rings. The minimum absolute atomic E-state index is 0.285. The zero-order chi connectivity index (χ0) is 9.73. The molecule has 2 heteroatoms. The zero-order valence-corrected chi connectivity index (χ0v) is 8.46. The van der Waals surface area contributed by atoms with Crippen LogP contribution in [0.15, 0.2) is 12.7 Å². The van der Waals surface area contributed by atoms with Crippen LogP contribution < -0.4 is 0 Å². The van der Waals surface area contributed by atoms with Crippen molar-refractivity contribution in [1.29, 1.82) is 0 Å². The van der Waals surface area contributed by atoms with E-state index in [4.69, 9.17) is 4.74 Å². The van der Waals surface area contributed by atoms with Gasteiger partial charge < -0.3 is 9.84 Å². The van der Waals surface area contributed by atoms with Crippen LogP contribution >= 0.6 is 0 Å². The summed E-state index contributed by atoms with van der Waals surface area (Å²) in [6, 6.07) is 0. The highest BCUT2D eigenvalue weighted by molar-refractivity contribution is 4.93. The van der Waals surface area contributed by atoms with Crippen molar-refractivity contribution in [3.05, 3.63) is 12.7 Å². The van der Waals surface area contributed by atoms with Crippen molar-refractivity contribution in [1.82, 2.24) is 0 Å². The van der Waals surface area contributed by atoms with Gasteiger partial charge >= 0.3 is 0 Å². The fourth-order valence-corrected chi connectivity index (χ4v) is 2.20. The lowest BCUT2D eigenvalue weighted by Crippen LogP contribution is -2.45. The summed E-state index contributed by atoms with van der Waals surface area (Å²) in [6.07, 6.45) is 7.59. The number of methoxy groups -OCH3 is 1. The maximum absolute atomic E-state index is 9.93. The van der Waals surface area contributed by atoms with Crippen LogP contribution in [0.1, 0.15) is 38.5 Å². The average Bonchev–Trinajstić information content (AvgIpc) is 2.19. The van der Waals surface area contributed by atoms with Crippen molar-refractivity contribution < 1.29 is 9.84 Å². The van der Waals surface area contributed by atoms with E-state index in [1.54, 1.807) is 13.2 Å². The molecule has 0 aromatic carbocycles. The highest BCUT2D eigenvalue weighted by atomic mass is 16.5. The Kier molecular flexibility index (Phi) is 3.94. The van der Waals surface area contributed by atoms with E-state index in [1.807, 2.05) is 0 Å². The van der Waals surface area contributed by atoms with Gasteiger partial charge in [-0.15, -0.1) is 6.58 Å². The van der Waals surface area contributed by atoms with Gasteiger partial charge in [0.25, 0.3) is 0 Å². The molecule has 0 aromatic heterocycles. The molecule has 76 valence electrons. The molecule has 2 nitrogen and oxygen atoms in total. The first-order valence-corrected chi connectivity index (χ1v) is 5.09. The Bertz CT molecular complexity index is 159. The summed E-state index contributed by atoms with van der Waals surface area (Å²) >= 11 is 0. The summed E-state index contributed by atoms with van der Waals surface area (Å²) in [5.74, 6) is 0. The lowest BCUT2D eigenvalue weighted by atomic mass is 9.79. The standard InChI is InChI=1S/C11H20O2/c1-3-7-10(12)11(13-2)8-5-4-6-9-11/h3,10,12H,1,4-9H2,2H3. The van der Waals surface area contributed by atoms with E-state index in [2.05, 4.69) is 6.58 Å². The average molecular weight is 184 g/mol. The summed E-state index contributed by atoms with van der Waals surface area (Å²) in [5, 5.41) is 9.93. The molecule has 0 amide bonds. The van der Waals surface area contributed by atoms with Gasteiger partial charge in [0, 0.05) is 7.11 Å². The van der Waals surface area contributed by atoms with E-state index in [-0.39, 0.29) is 11.7 Å². The molecule has 1 fully saturated rings. The SMILES string of the molecule is C=CCC(O)C1(OC)CCCCC1. The van der Waals surface area contributed by atoms with Crippen LogP contribution in [0.25, 0.3) is 0 Å². The minimum Gasteiger partial charge on any atom is -0.390 e. The van der Waals surface area contributed by atoms with Crippen LogP contribution in [0.2, 0.25) is 0 Å². The van der Waals surface area contributed by atoms with Crippen LogP contribution in [0.5, 0.6) is 0 Å². The Hall–Kier alpha value is -0.340. The fraction of sp³-hybridized carbons (Fsp3) is 0.818. The molecule has 0 saturated heterocycles. The molecule has 0 aliphatic heterocycles. The molecular formula is C11H20O2. The van der Waals surface area contributed by atoms with E-state index >= 15 is 0 Å². The molecule has 1 atom stereocenters. The first kappa shape index (κ1) is 10.7. The fourth-order valence-electron chi connectivity index (χ4n) is 2.20. The molecule has 1 unspecified atom stereocenters. The molecule has 1 rings (SSSR count). The quantitative estimate of drug-likeness (QED) is 0.679. The van der Waals surface area contributed by atoms with Crippen LogP contribution in [-0.2, 0) is 4.74 Å². The molecule has 0 bridgehead atoms. The summed E-state index contributed by atoms with van der Waals surface area (Å²) in [6.45, 7) is 3.65. The monoisotopic (exact) mass is 184 g/mol. The lowest BCUT2D eigenvalue weighted by Gasteiger charge is -2.39. The Morgan fingerprint density at radius 2 is 2.08 bits per heavy atom. The summed E-state index contributed by atoms with van der Waals surface area (Å²) < 4.78 is 5.50. The van der Waals surface area contributed by atoms with E-state index in [0.29, 0.717) is 6.42 Å². The summed E-state index contributed by atoms with van der Waals surface area (Å²) in [4.78, 5) is 0. The molecule has 0 radical (unpaired) electrons. The van der Waals surface area contributed by atoms with Gasteiger partial charge in [-0.05, 0) is 19.3 Å². The highest BCUT2D eigenvalue weighted by Crippen LogP contribution is 2.35. The number of ether oxygens (including phenoxy) is 1. The highest BCUT2D eigenvalue weighted by Gasteiger charge is 2.38. The molecule has 1 saturated carbocycles. The molecule has 0 spiro atoms. The van der Waals surface area contributed by atoms with Gasteiger partial charge in [0.1, 0.15) is 0 Å². The summed E-state index contributed by atoms with van der Waals surface area (Å²) in [5.41, 5.74) is -0.285. The molecule has 0 heterocycles. The Labute approximate surface area is 80.6 Å². The second kappa shape index (κ2) is 4.77. The predicted octanol–water partition coefficient (Wildman–Crippen LogP) is 2.27. The lowest BCUT2D eigenvalue weighted by molar-refractivity contribution is -0.121. The van der Waals surface area contributed by atoms with Crippen LogP contribution in [0, 0.1) is 0 Å². The summed E-state index contributed by atoms with van der Waals surface area (Å²) in [7, 11) is 1.71. The van der Waals surface area contributed by atoms with Gasteiger partial charge in [0.05, 0.1) is 11.7 Å². The number of hydrogen-bond donors (Lipinski definition) is 1. The topological polar surface area (TPSA) is 29.5 Å². The molecule has 1 aliphatic rings. The second-order valence-corrected chi connectivity index (χ2v) is 3.87. The number of aliphatic hydroxyl groups excluding tert-OH is 1. The molecule has 1 aliphatic carbocycles. The van der Waals surface area contributed by atoms with Crippen molar-refractivity contribution in [3.8, 4) is 0 Å². The smallest absolute Gasteiger partial charge is 0.0939 e. The van der Waals surface area contributed by atoms with Gasteiger partial charge in [-0.3, -0.25) is 0 Å². The first-order chi connectivity index (χ1) is 6.25. The van der Waals surface area contributed by atoms with Crippen molar-refractivity contribution in [3.63, 3.8) is 0 Å². The third-order valence-electron chi connectivity index (χ3n) is 3.10. The van der Waals surface area contributed by atoms with Crippen molar-refractivity contribution in [2.24, 2.45) is 0 Å². The third kappa shape index (κ3) is 2.32. The number of hydrogen-bond acceptors (Lipinski definition) is 2. The second-order valence-electron chi connectivity index (χ2n) is 3.87. The first-order valence-electron chi connectivity index (χ1n) is 5.09.